The Morgan fingerprint density at radius 2 is 2.03 bits per heavy atom. The second kappa shape index (κ2) is 11.2. The Bertz CT molecular complexity index is 1040. The first-order valence-electron chi connectivity index (χ1n) is 11.2. The fourth-order valence-electron chi connectivity index (χ4n) is 3.61. The fourth-order valence-corrected chi connectivity index (χ4v) is 3.61. The van der Waals surface area contributed by atoms with Gasteiger partial charge in [-0.15, -0.1) is 0 Å². The first-order valence-corrected chi connectivity index (χ1v) is 11.2. The molecule has 2 heterocycles. The second-order valence-corrected chi connectivity index (χ2v) is 7.67. The first kappa shape index (κ1) is 21.7. The number of ether oxygens (including phenoxy) is 2. The molecule has 3 aromatic rings. The van der Waals surface area contributed by atoms with Crippen LogP contribution in [0.15, 0.2) is 71.9 Å². The molecule has 32 heavy (non-hydrogen) atoms. The topological polar surface area (TPSA) is 67.8 Å². The van der Waals surface area contributed by atoms with Crippen LogP contribution in [-0.4, -0.2) is 30.6 Å². The van der Waals surface area contributed by atoms with Crippen LogP contribution in [0, 0.1) is 0 Å². The zero-order valence-electron chi connectivity index (χ0n) is 18.5. The lowest BCUT2D eigenvalue weighted by atomic mass is 10.1. The van der Waals surface area contributed by atoms with E-state index in [1.165, 1.54) is 11.1 Å². The summed E-state index contributed by atoms with van der Waals surface area (Å²) in [7, 11) is 0. The van der Waals surface area contributed by atoms with Gasteiger partial charge in [0.05, 0.1) is 18.8 Å². The molecule has 1 aliphatic rings. The summed E-state index contributed by atoms with van der Waals surface area (Å²) in [6.07, 6.45) is 3.72. The number of nitrogens with one attached hydrogen (secondary N) is 2. The average molecular weight is 431 g/mol. The molecule has 2 aromatic carbocycles. The van der Waals surface area contributed by atoms with Crippen LogP contribution in [-0.2, 0) is 26.0 Å². The van der Waals surface area contributed by atoms with Crippen molar-refractivity contribution in [2.75, 3.05) is 19.7 Å². The van der Waals surface area contributed by atoms with Crippen molar-refractivity contribution in [1.29, 1.82) is 0 Å². The maximum Gasteiger partial charge on any atom is 0.191 e. The number of hydrogen-bond acceptors (Lipinski definition) is 4. The summed E-state index contributed by atoms with van der Waals surface area (Å²) in [5, 5.41) is 6.76. The number of pyridine rings is 1. The molecule has 0 saturated carbocycles. The van der Waals surface area contributed by atoms with Crippen LogP contribution >= 0.6 is 0 Å². The van der Waals surface area contributed by atoms with Gasteiger partial charge in [0.1, 0.15) is 18.1 Å². The highest BCUT2D eigenvalue weighted by molar-refractivity contribution is 5.79. The molecule has 1 aromatic heterocycles. The summed E-state index contributed by atoms with van der Waals surface area (Å²) in [5.74, 6) is 2.67. The Morgan fingerprint density at radius 3 is 2.91 bits per heavy atom. The number of rotatable bonds is 9. The van der Waals surface area contributed by atoms with Gasteiger partial charge in [0.25, 0.3) is 0 Å². The second-order valence-electron chi connectivity index (χ2n) is 7.67. The van der Waals surface area contributed by atoms with Crippen LogP contribution in [0.4, 0.5) is 0 Å². The Kier molecular flexibility index (Phi) is 7.58. The number of aliphatic imine (C=N–C) groups is 1. The molecule has 0 saturated heterocycles. The van der Waals surface area contributed by atoms with Crippen molar-refractivity contribution in [2.24, 2.45) is 4.99 Å². The lowest BCUT2D eigenvalue weighted by Crippen LogP contribution is -2.38. The van der Waals surface area contributed by atoms with Crippen LogP contribution in [0.25, 0.3) is 0 Å². The maximum atomic E-state index is 5.88. The van der Waals surface area contributed by atoms with E-state index in [0.29, 0.717) is 13.2 Å². The minimum absolute atomic E-state index is 0.451. The van der Waals surface area contributed by atoms with Gasteiger partial charge in [-0.25, -0.2) is 4.99 Å². The van der Waals surface area contributed by atoms with Gasteiger partial charge in [-0.05, 0) is 60.4 Å². The monoisotopic (exact) mass is 430 g/mol. The number of hydrogen-bond donors (Lipinski definition) is 2. The molecule has 4 rings (SSSR count). The van der Waals surface area contributed by atoms with Gasteiger partial charge >= 0.3 is 0 Å². The van der Waals surface area contributed by atoms with Gasteiger partial charge in [-0.1, -0.05) is 30.3 Å². The van der Waals surface area contributed by atoms with Crippen LogP contribution in [0.2, 0.25) is 0 Å². The summed E-state index contributed by atoms with van der Waals surface area (Å²) in [6, 6.07) is 20.4. The quantitative estimate of drug-likeness (QED) is 0.398. The molecule has 166 valence electrons. The number of benzene rings is 2. The Balaban J connectivity index is 1.29. The molecule has 0 atom stereocenters. The molecule has 2 N–H and O–H groups in total. The predicted octanol–water partition coefficient (Wildman–Crippen LogP) is 3.89. The Hall–Kier alpha value is -3.54. The standard InChI is InChI=1S/C26H30N4O2/c1-2-27-26(29-14-11-20-9-10-25-22(16-20)12-15-31-25)30-18-21-6-5-8-24(17-21)32-19-23-7-3-4-13-28-23/h3-10,13,16-17H,2,11-12,14-15,18-19H2,1H3,(H2,27,29,30). The van der Waals surface area contributed by atoms with Gasteiger partial charge in [-0.2, -0.15) is 0 Å². The van der Waals surface area contributed by atoms with Crippen molar-refractivity contribution in [3.8, 4) is 11.5 Å². The van der Waals surface area contributed by atoms with Gasteiger partial charge in [0.2, 0.25) is 0 Å². The zero-order valence-corrected chi connectivity index (χ0v) is 18.5. The van der Waals surface area contributed by atoms with Crippen LogP contribution in [0.1, 0.15) is 29.3 Å². The normalized spacial score (nSPS) is 12.7. The number of aromatic nitrogens is 1. The molecule has 6 nitrogen and oxygen atoms in total. The number of fused-ring (bicyclic) bond motifs is 1. The van der Waals surface area contributed by atoms with E-state index >= 15 is 0 Å². The van der Waals surface area contributed by atoms with E-state index in [1.54, 1.807) is 6.20 Å². The lowest BCUT2D eigenvalue weighted by Gasteiger charge is -2.12. The highest BCUT2D eigenvalue weighted by Crippen LogP contribution is 2.25. The largest absolute Gasteiger partial charge is 0.493 e. The molecule has 0 radical (unpaired) electrons. The lowest BCUT2D eigenvalue weighted by molar-refractivity contribution is 0.301. The zero-order chi connectivity index (χ0) is 22.0. The maximum absolute atomic E-state index is 5.88. The fraction of sp³-hybridized carbons (Fsp3) is 0.308. The Morgan fingerprint density at radius 1 is 1.06 bits per heavy atom. The molecular formula is C26H30N4O2. The summed E-state index contributed by atoms with van der Waals surface area (Å²) in [4.78, 5) is 9.03. The van der Waals surface area contributed by atoms with E-state index in [9.17, 15) is 0 Å². The molecule has 0 bridgehead atoms. The van der Waals surface area contributed by atoms with Gasteiger partial charge in [-0.3, -0.25) is 4.98 Å². The van der Waals surface area contributed by atoms with E-state index in [4.69, 9.17) is 14.5 Å². The summed E-state index contributed by atoms with van der Waals surface area (Å²) < 4.78 is 11.5. The van der Waals surface area contributed by atoms with E-state index in [-0.39, 0.29) is 0 Å². The third kappa shape index (κ3) is 6.23. The number of guanidine groups is 1. The van der Waals surface area contributed by atoms with Crippen LogP contribution < -0.4 is 20.1 Å². The Labute approximate surface area is 189 Å². The van der Waals surface area contributed by atoms with E-state index < -0.39 is 0 Å². The van der Waals surface area contributed by atoms with Crippen LogP contribution in [0.5, 0.6) is 11.5 Å². The summed E-state index contributed by atoms with van der Waals surface area (Å²) in [6.45, 7) is 5.53. The minimum Gasteiger partial charge on any atom is -0.493 e. The third-order valence-electron chi connectivity index (χ3n) is 5.24. The molecule has 1 aliphatic heterocycles. The molecule has 0 unspecified atom stereocenters. The number of nitrogens with zero attached hydrogens (tertiary/aromatic N) is 2. The SMILES string of the molecule is CCNC(=NCc1cccc(OCc2ccccn2)c1)NCCc1ccc2c(c1)CCO2. The van der Waals surface area contributed by atoms with E-state index in [2.05, 4.69) is 46.8 Å². The molecule has 0 spiro atoms. The van der Waals surface area contributed by atoms with E-state index in [1.807, 2.05) is 36.4 Å². The predicted molar refractivity (Wildman–Crippen MR) is 127 cm³/mol. The van der Waals surface area contributed by atoms with Gasteiger partial charge in [0, 0.05) is 25.7 Å². The van der Waals surface area contributed by atoms with Crippen molar-refractivity contribution < 1.29 is 9.47 Å². The van der Waals surface area contributed by atoms with Crippen molar-refractivity contribution in [3.63, 3.8) is 0 Å². The molecule has 0 amide bonds. The van der Waals surface area contributed by atoms with Crippen molar-refractivity contribution in [1.82, 2.24) is 15.6 Å². The highest BCUT2D eigenvalue weighted by atomic mass is 16.5. The minimum atomic E-state index is 0.451. The van der Waals surface area contributed by atoms with Gasteiger partial charge in [0.15, 0.2) is 5.96 Å². The van der Waals surface area contributed by atoms with Gasteiger partial charge < -0.3 is 20.1 Å². The van der Waals surface area contributed by atoms with E-state index in [0.717, 1.165) is 61.3 Å². The molecule has 6 heteroatoms. The van der Waals surface area contributed by atoms with Crippen LogP contribution in [0.3, 0.4) is 0 Å². The van der Waals surface area contributed by atoms with Crippen molar-refractivity contribution in [3.05, 3.63) is 89.2 Å². The third-order valence-corrected chi connectivity index (χ3v) is 5.24. The molecule has 0 fully saturated rings. The first-order chi connectivity index (χ1) is 15.8. The molecular weight excluding hydrogens is 400 g/mol. The van der Waals surface area contributed by atoms with Crippen molar-refractivity contribution in [2.45, 2.75) is 32.9 Å². The smallest absolute Gasteiger partial charge is 0.191 e. The highest BCUT2D eigenvalue weighted by Gasteiger charge is 2.11. The molecule has 0 aliphatic carbocycles. The summed E-state index contributed by atoms with van der Waals surface area (Å²) >= 11 is 0. The summed E-state index contributed by atoms with van der Waals surface area (Å²) in [5.41, 5.74) is 4.63. The average Bonchev–Trinajstić information content (AvgIpc) is 3.30. The van der Waals surface area contributed by atoms with Crippen molar-refractivity contribution >= 4 is 5.96 Å².